The maximum atomic E-state index is 11.5. The van der Waals surface area contributed by atoms with Gasteiger partial charge in [0, 0.05) is 24.3 Å². The van der Waals surface area contributed by atoms with Crippen molar-refractivity contribution in [3.8, 4) is 0 Å². The van der Waals surface area contributed by atoms with Gasteiger partial charge in [0.15, 0.2) is 9.84 Å². The van der Waals surface area contributed by atoms with Crippen molar-refractivity contribution in [1.29, 1.82) is 0 Å². The summed E-state index contributed by atoms with van der Waals surface area (Å²) in [4.78, 5) is 0.355. The second-order valence-electron chi connectivity index (χ2n) is 3.56. The van der Waals surface area contributed by atoms with Gasteiger partial charge in [0.2, 0.25) is 0 Å². The van der Waals surface area contributed by atoms with Gasteiger partial charge in [-0.25, -0.2) is 8.42 Å². The highest BCUT2D eigenvalue weighted by Gasteiger charge is 2.11. The van der Waals surface area contributed by atoms with E-state index in [0.29, 0.717) is 10.6 Å². The summed E-state index contributed by atoms with van der Waals surface area (Å²) in [5.74, 6) is 1.83. The van der Waals surface area contributed by atoms with E-state index >= 15 is 0 Å². The normalized spacial score (nSPS) is 11.1. The highest BCUT2D eigenvalue weighted by atomic mass is 32.2. The molecule has 3 nitrogen and oxygen atoms in total. The summed E-state index contributed by atoms with van der Waals surface area (Å²) in [6.45, 7) is 4.38. The van der Waals surface area contributed by atoms with Gasteiger partial charge in [-0.05, 0) is 12.1 Å². The van der Waals surface area contributed by atoms with Crippen LogP contribution < -0.4 is 5.32 Å². The van der Waals surface area contributed by atoms with E-state index in [-0.39, 0.29) is 0 Å². The van der Waals surface area contributed by atoms with Crippen molar-refractivity contribution in [2.75, 3.05) is 29.6 Å². The maximum Gasteiger partial charge on any atom is 0.177 e. The van der Waals surface area contributed by atoms with E-state index in [1.165, 1.54) is 6.26 Å². The van der Waals surface area contributed by atoms with Gasteiger partial charge in [0.1, 0.15) is 0 Å². The molecule has 1 N–H and O–H groups in total. The minimum absolute atomic E-state index is 0.355. The van der Waals surface area contributed by atoms with Crippen LogP contribution in [0.25, 0.3) is 0 Å². The Morgan fingerprint density at radius 2 is 2.12 bits per heavy atom. The van der Waals surface area contributed by atoms with Crippen molar-refractivity contribution in [2.24, 2.45) is 0 Å². The second-order valence-corrected chi connectivity index (χ2v) is 6.69. The number of sulfone groups is 1. The number of hydrogen-bond donors (Lipinski definition) is 1. The fraction of sp³-hybridized carbons (Fsp3) is 0.333. The molecule has 1 aromatic rings. The Kier molecular flexibility index (Phi) is 5.58. The van der Waals surface area contributed by atoms with Crippen LogP contribution in [-0.4, -0.2) is 32.7 Å². The Morgan fingerprint density at radius 3 is 2.76 bits per heavy atom. The average molecular weight is 271 g/mol. The fourth-order valence-corrected chi connectivity index (χ4v) is 2.81. The fourth-order valence-electron chi connectivity index (χ4n) is 1.36. The maximum absolute atomic E-state index is 11.5. The molecule has 0 amide bonds. The largest absolute Gasteiger partial charge is 0.383 e. The summed E-state index contributed by atoms with van der Waals surface area (Å²) in [6.07, 6.45) is 3.08. The van der Waals surface area contributed by atoms with Crippen molar-refractivity contribution in [1.82, 2.24) is 0 Å². The van der Waals surface area contributed by atoms with Crippen LogP contribution in [-0.2, 0) is 9.84 Å². The number of hydrogen-bond acceptors (Lipinski definition) is 4. The second kappa shape index (κ2) is 6.71. The lowest BCUT2D eigenvalue weighted by Crippen LogP contribution is -2.08. The molecule has 0 aromatic heterocycles. The van der Waals surface area contributed by atoms with E-state index in [9.17, 15) is 8.42 Å². The number of rotatable bonds is 7. The molecule has 17 heavy (non-hydrogen) atoms. The van der Waals surface area contributed by atoms with Crippen LogP contribution in [0.5, 0.6) is 0 Å². The first-order chi connectivity index (χ1) is 8.05. The van der Waals surface area contributed by atoms with Gasteiger partial charge in [-0.15, -0.1) is 6.58 Å². The number of nitrogens with one attached hydrogen (secondary N) is 1. The van der Waals surface area contributed by atoms with Crippen LogP contribution in [0.3, 0.4) is 0 Å². The van der Waals surface area contributed by atoms with Gasteiger partial charge >= 0.3 is 0 Å². The molecule has 94 valence electrons. The summed E-state index contributed by atoms with van der Waals surface area (Å²) in [5.41, 5.74) is 0.675. The molecule has 1 rings (SSSR count). The summed E-state index contributed by atoms with van der Waals surface area (Å²) in [6, 6.07) is 6.96. The van der Waals surface area contributed by atoms with Crippen molar-refractivity contribution in [3.63, 3.8) is 0 Å². The lowest BCUT2D eigenvalue weighted by molar-refractivity contribution is 0.602. The first-order valence-electron chi connectivity index (χ1n) is 5.27. The standard InChI is InChI=1S/C12H17NO2S2/c1-3-9-16-10-8-13-11-6-4-5-7-12(11)17(2,14)15/h3-7,13H,1,8-10H2,2H3. The Bertz CT molecular complexity index is 469. The monoisotopic (exact) mass is 271 g/mol. The van der Waals surface area contributed by atoms with Crippen LogP contribution in [0, 0.1) is 0 Å². The number of para-hydroxylation sites is 1. The Balaban J connectivity index is 2.62. The molecule has 0 atom stereocenters. The third-order valence-electron chi connectivity index (χ3n) is 2.08. The van der Waals surface area contributed by atoms with Crippen molar-refractivity contribution >= 4 is 27.3 Å². The minimum Gasteiger partial charge on any atom is -0.383 e. The van der Waals surface area contributed by atoms with E-state index in [1.54, 1.807) is 30.0 Å². The molecule has 0 saturated carbocycles. The smallest absolute Gasteiger partial charge is 0.177 e. The average Bonchev–Trinajstić information content (AvgIpc) is 2.28. The topological polar surface area (TPSA) is 46.2 Å². The first-order valence-corrected chi connectivity index (χ1v) is 8.32. The van der Waals surface area contributed by atoms with Gasteiger partial charge in [0.05, 0.1) is 10.6 Å². The number of thioether (sulfide) groups is 1. The predicted molar refractivity (Wildman–Crippen MR) is 75.6 cm³/mol. The van der Waals surface area contributed by atoms with Gasteiger partial charge in [-0.1, -0.05) is 18.2 Å². The van der Waals surface area contributed by atoms with Gasteiger partial charge in [0.25, 0.3) is 0 Å². The third kappa shape index (κ3) is 4.83. The minimum atomic E-state index is -3.17. The number of anilines is 1. The summed E-state index contributed by atoms with van der Waals surface area (Å²) >= 11 is 1.76. The molecule has 0 bridgehead atoms. The lowest BCUT2D eigenvalue weighted by atomic mass is 10.3. The molecule has 0 heterocycles. The molecular formula is C12H17NO2S2. The van der Waals surface area contributed by atoms with E-state index in [1.807, 2.05) is 12.1 Å². The molecule has 0 fully saturated rings. The summed E-state index contributed by atoms with van der Waals surface area (Å²) in [5, 5.41) is 3.14. The van der Waals surface area contributed by atoms with E-state index < -0.39 is 9.84 Å². The zero-order chi connectivity index (χ0) is 12.7. The van der Waals surface area contributed by atoms with Crippen molar-refractivity contribution < 1.29 is 8.42 Å². The molecule has 0 saturated heterocycles. The molecule has 5 heteroatoms. The highest BCUT2D eigenvalue weighted by molar-refractivity contribution is 7.99. The Morgan fingerprint density at radius 1 is 1.41 bits per heavy atom. The van der Waals surface area contributed by atoms with Crippen LogP contribution >= 0.6 is 11.8 Å². The molecule has 0 radical (unpaired) electrons. The van der Waals surface area contributed by atoms with Crippen LogP contribution in [0.1, 0.15) is 0 Å². The first kappa shape index (κ1) is 14.1. The molecule has 1 aromatic carbocycles. The van der Waals surface area contributed by atoms with Gasteiger partial charge in [-0.3, -0.25) is 0 Å². The predicted octanol–water partition coefficient (Wildman–Crippen LogP) is 2.42. The van der Waals surface area contributed by atoms with E-state index in [0.717, 1.165) is 18.1 Å². The quantitative estimate of drug-likeness (QED) is 0.611. The Hall–Kier alpha value is -0.940. The zero-order valence-electron chi connectivity index (χ0n) is 9.85. The van der Waals surface area contributed by atoms with Crippen LogP contribution in [0.4, 0.5) is 5.69 Å². The molecule has 0 aliphatic heterocycles. The SMILES string of the molecule is C=CCSCCNc1ccccc1S(C)(=O)=O. The van der Waals surface area contributed by atoms with E-state index in [2.05, 4.69) is 11.9 Å². The molecule has 0 unspecified atom stereocenters. The van der Waals surface area contributed by atoms with Crippen LogP contribution in [0.15, 0.2) is 41.8 Å². The molecular weight excluding hydrogens is 254 g/mol. The highest BCUT2D eigenvalue weighted by Crippen LogP contribution is 2.20. The van der Waals surface area contributed by atoms with Crippen molar-refractivity contribution in [3.05, 3.63) is 36.9 Å². The molecule has 0 spiro atoms. The zero-order valence-corrected chi connectivity index (χ0v) is 11.5. The van der Waals surface area contributed by atoms with E-state index in [4.69, 9.17) is 0 Å². The van der Waals surface area contributed by atoms with Crippen molar-refractivity contribution in [2.45, 2.75) is 4.90 Å². The summed E-state index contributed by atoms with van der Waals surface area (Å²) in [7, 11) is -3.17. The third-order valence-corrected chi connectivity index (χ3v) is 4.20. The summed E-state index contributed by atoms with van der Waals surface area (Å²) < 4.78 is 23.1. The Labute approximate surface area is 107 Å². The number of benzene rings is 1. The molecule has 0 aliphatic rings. The van der Waals surface area contributed by atoms with Crippen LogP contribution in [0.2, 0.25) is 0 Å². The molecule has 0 aliphatic carbocycles. The van der Waals surface area contributed by atoms with Gasteiger partial charge in [-0.2, -0.15) is 11.8 Å². The lowest BCUT2D eigenvalue weighted by Gasteiger charge is -2.10. The van der Waals surface area contributed by atoms with Gasteiger partial charge < -0.3 is 5.32 Å².